The molecular formula is C8H16N2O3S. The summed E-state index contributed by atoms with van der Waals surface area (Å²) in [6, 6.07) is -0.576. The molecule has 0 saturated heterocycles. The lowest BCUT2D eigenvalue weighted by molar-refractivity contribution is -0.119. The third kappa shape index (κ3) is 3.73. The van der Waals surface area contributed by atoms with Gasteiger partial charge in [-0.1, -0.05) is 6.92 Å². The van der Waals surface area contributed by atoms with Crippen LogP contribution in [0.25, 0.3) is 0 Å². The highest BCUT2D eigenvalue weighted by Crippen LogP contribution is 2.19. The van der Waals surface area contributed by atoms with Crippen LogP contribution in [0.1, 0.15) is 33.1 Å². The van der Waals surface area contributed by atoms with E-state index in [1.807, 2.05) is 0 Å². The summed E-state index contributed by atoms with van der Waals surface area (Å²) in [5, 5.41) is 0. The number of hydrogen-bond donors (Lipinski definition) is 2. The summed E-state index contributed by atoms with van der Waals surface area (Å²) in [4.78, 5) is 11.1. The van der Waals surface area contributed by atoms with E-state index in [1.165, 1.54) is 0 Å². The van der Waals surface area contributed by atoms with Crippen molar-refractivity contribution in [2.45, 2.75) is 45.2 Å². The van der Waals surface area contributed by atoms with Crippen LogP contribution in [0.3, 0.4) is 0 Å². The summed E-state index contributed by atoms with van der Waals surface area (Å²) in [6.07, 6.45) is 2.11. The van der Waals surface area contributed by atoms with Gasteiger partial charge in [0.25, 0.3) is 10.2 Å². The van der Waals surface area contributed by atoms with E-state index >= 15 is 0 Å². The monoisotopic (exact) mass is 220 g/mol. The molecule has 1 saturated carbocycles. The van der Waals surface area contributed by atoms with Crippen LogP contribution in [0.15, 0.2) is 0 Å². The summed E-state index contributed by atoms with van der Waals surface area (Å²) in [7, 11) is -3.49. The Labute approximate surface area is 84.4 Å². The van der Waals surface area contributed by atoms with E-state index in [9.17, 15) is 13.2 Å². The predicted molar refractivity (Wildman–Crippen MR) is 53.0 cm³/mol. The SMILES string of the molecule is CCC(=O)C(C)NS(=O)(=O)NC1CC1. The summed E-state index contributed by atoms with van der Waals surface area (Å²) in [6.45, 7) is 3.26. The van der Waals surface area contributed by atoms with Crippen LogP contribution in [-0.4, -0.2) is 26.3 Å². The zero-order chi connectivity index (χ0) is 10.8. The predicted octanol–water partition coefficient (Wildman–Crippen LogP) is -0.0596. The molecule has 1 fully saturated rings. The second-order valence-electron chi connectivity index (χ2n) is 3.55. The number of carbonyl (C=O) groups excluding carboxylic acids is 1. The molecule has 2 N–H and O–H groups in total. The molecule has 0 amide bonds. The lowest BCUT2D eigenvalue weighted by atomic mass is 10.2. The van der Waals surface area contributed by atoms with Crippen molar-refractivity contribution in [3.05, 3.63) is 0 Å². The highest BCUT2D eigenvalue weighted by Gasteiger charge is 2.28. The Kier molecular flexibility index (Phi) is 3.63. The van der Waals surface area contributed by atoms with E-state index in [0.29, 0.717) is 6.42 Å². The van der Waals surface area contributed by atoms with Crippen molar-refractivity contribution in [1.29, 1.82) is 0 Å². The number of ketones is 1. The molecule has 0 aromatic heterocycles. The van der Waals surface area contributed by atoms with Crippen molar-refractivity contribution in [3.8, 4) is 0 Å². The largest absolute Gasteiger partial charge is 0.298 e. The summed E-state index contributed by atoms with van der Waals surface area (Å²) < 4.78 is 27.4. The maximum Gasteiger partial charge on any atom is 0.277 e. The lowest BCUT2D eigenvalue weighted by Crippen LogP contribution is -2.45. The Morgan fingerprint density at radius 1 is 1.50 bits per heavy atom. The fourth-order valence-corrected chi connectivity index (χ4v) is 2.40. The molecule has 0 heterocycles. The van der Waals surface area contributed by atoms with Crippen LogP contribution in [0.5, 0.6) is 0 Å². The van der Waals surface area contributed by atoms with Crippen molar-refractivity contribution in [2.24, 2.45) is 0 Å². The fourth-order valence-electron chi connectivity index (χ4n) is 1.06. The normalized spacial score (nSPS) is 19.3. The number of carbonyl (C=O) groups is 1. The fraction of sp³-hybridized carbons (Fsp3) is 0.875. The topological polar surface area (TPSA) is 75.3 Å². The van der Waals surface area contributed by atoms with Gasteiger partial charge in [0.1, 0.15) is 5.78 Å². The highest BCUT2D eigenvalue weighted by atomic mass is 32.2. The molecule has 0 aromatic rings. The smallest absolute Gasteiger partial charge is 0.277 e. The third-order valence-corrected chi connectivity index (χ3v) is 3.37. The molecule has 1 aliphatic rings. The van der Waals surface area contributed by atoms with Crippen LogP contribution in [-0.2, 0) is 15.0 Å². The first kappa shape index (κ1) is 11.6. The Morgan fingerprint density at radius 2 is 2.07 bits per heavy atom. The van der Waals surface area contributed by atoms with E-state index in [2.05, 4.69) is 9.44 Å². The van der Waals surface area contributed by atoms with Crippen LogP contribution >= 0.6 is 0 Å². The van der Waals surface area contributed by atoms with Crippen LogP contribution in [0.2, 0.25) is 0 Å². The minimum atomic E-state index is -3.49. The van der Waals surface area contributed by atoms with E-state index in [0.717, 1.165) is 12.8 Å². The van der Waals surface area contributed by atoms with Crippen LogP contribution in [0.4, 0.5) is 0 Å². The van der Waals surface area contributed by atoms with Crippen molar-refractivity contribution >= 4 is 16.0 Å². The highest BCUT2D eigenvalue weighted by molar-refractivity contribution is 7.87. The van der Waals surface area contributed by atoms with Gasteiger partial charge in [0, 0.05) is 12.5 Å². The summed E-state index contributed by atoms with van der Waals surface area (Å²) in [5.74, 6) is -0.105. The first-order chi connectivity index (χ1) is 6.44. The molecule has 82 valence electrons. The number of Topliss-reactive ketones (excluding diaryl/α,β-unsaturated/α-hetero) is 1. The maximum atomic E-state index is 11.3. The minimum absolute atomic E-state index is 0.0661. The van der Waals surface area contributed by atoms with Gasteiger partial charge < -0.3 is 0 Å². The number of nitrogens with one attached hydrogen (secondary N) is 2. The Morgan fingerprint density at radius 3 is 2.50 bits per heavy atom. The van der Waals surface area contributed by atoms with E-state index in [-0.39, 0.29) is 11.8 Å². The maximum absolute atomic E-state index is 11.3. The van der Waals surface area contributed by atoms with Crippen molar-refractivity contribution < 1.29 is 13.2 Å². The first-order valence-corrected chi connectivity index (χ1v) is 6.25. The lowest BCUT2D eigenvalue weighted by Gasteiger charge is -2.12. The van der Waals surface area contributed by atoms with E-state index < -0.39 is 16.3 Å². The molecule has 0 aromatic carbocycles. The van der Waals surface area contributed by atoms with Gasteiger partial charge in [-0.15, -0.1) is 0 Å². The number of rotatable bonds is 6. The Bertz CT molecular complexity index is 309. The van der Waals surface area contributed by atoms with Gasteiger partial charge in [0.15, 0.2) is 0 Å². The zero-order valence-corrected chi connectivity index (χ0v) is 9.23. The molecule has 1 unspecified atom stereocenters. The second kappa shape index (κ2) is 4.37. The van der Waals surface area contributed by atoms with E-state index in [1.54, 1.807) is 13.8 Å². The van der Waals surface area contributed by atoms with Gasteiger partial charge >= 0.3 is 0 Å². The Hall–Kier alpha value is -0.460. The molecule has 1 atom stereocenters. The number of hydrogen-bond acceptors (Lipinski definition) is 3. The average Bonchev–Trinajstić information content (AvgIpc) is 2.84. The van der Waals surface area contributed by atoms with E-state index in [4.69, 9.17) is 0 Å². The molecule has 0 spiro atoms. The molecule has 0 radical (unpaired) electrons. The summed E-state index contributed by atoms with van der Waals surface area (Å²) in [5.41, 5.74) is 0. The van der Waals surface area contributed by atoms with Gasteiger partial charge in [-0.2, -0.15) is 17.9 Å². The van der Waals surface area contributed by atoms with Gasteiger partial charge in [-0.25, -0.2) is 0 Å². The van der Waals surface area contributed by atoms with Gasteiger partial charge in [-0.05, 0) is 19.8 Å². The molecule has 14 heavy (non-hydrogen) atoms. The molecule has 1 aliphatic carbocycles. The molecule has 0 bridgehead atoms. The standard InChI is InChI=1S/C8H16N2O3S/c1-3-8(11)6(2)9-14(12,13)10-7-4-5-7/h6-7,9-10H,3-5H2,1-2H3. The van der Waals surface area contributed by atoms with Crippen molar-refractivity contribution in [2.75, 3.05) is 0 Å². The zero-order valence-electron chi connectivity index (χ0n) is 8.41. The summed E-state index contributed by atoms with van der Waals surface area (Å²) >= 11 is 0. The molecule has 1 rings (SSSR count). The molecule has 5 nitrogen and oxygen atoms in total. The molecular weight excluding hydrogens is 204 g/mol. The van der Waals surface area contributed by atoms with Gasteiger partial charge in [-0.3, -0.25) is 4.79 Å². The quantitative estimate of drug-likeness (QED) is 0.658. The third-order valence-electron chi connectivity index (χ3n) is 2.06. The van der Waals surface area contributed by atoms with Gasteiger partial charge in [0.05, 0.1) is 6.04 Å². The Balaban J connectivity index is 2.44. The molecule has 0 aliphatic heterocycles. The van der Waals surface area contributed by atoms with Crippen molar-refractivity contribution in [3.63, 3.8) is 0 Å². The van der Waals surface area contributed by atoms with Crippen molar-refractivity contribution in [1.82, 2.24) is 9.44 Å². The van der Waals surface area contributed by atoms with Crippen LogP contribution in [0, 0.1) is 0 Å². The second-order valence-corrected chi connectivity index (χ2v) is 5.03. The minimum Gasteiger partial charge on any atom is -0.298 e. The van der Waals surface area contributed by atoms with Crippen LogP contribution < -0.4 is 9.44 Å². The molecule has 6 heteroatoms. The first-order valence-electron chi connectivity index (χ1n) is 4.77. The average molecular weight is 220 g/mol. The van der Waals surface area contributed by atoms with Gasteiger partial charge in [0.2, 0.25) is 0 Å².